The maximum Gasteiger partial charge on any atom is 0.306 e. The van der Waals surface area contributed by atoms with Crippen molar-refractivity contribution in [2.75, 3.05) is 6.54 Å². The average Bonchev–Trinajstić information content (AvgIpc) is 2.48. The number of halogens is 2. The number of rotatable bonds is 6. The standard InChI is InChI=1S/C15H19F2NO4S/c16-13-3-1-11(2-4-13)9-23(21,22)18-10-15(17)7-5-12(6-8-15)14(19)20/h1-4,12,18H,5-10H2,(H,19,20). The van der Waals surface area contributed by atoms with Crippen molar-refractivity contribution in [2.24, 2.45) is 5.92 Å². The molecule has 1 fully saturated rings. The molecule has 0 atom stereocenters. The molecular weight excluding hydrogens is 328 g/mol. The molecule has 0 saturated heterocycles. The smallest absolute Gasteiger partial charge is 0.306 e. The number of hydrogen-bond acceptors (Lipinski definition) is 3. The van der Waals surface area contributed by atoms with Gasteiger partial charge >= 0.3 is 5.97 Å². The SMILES string of the molecule is O=C(O)C1CCC(F)(CNS(=O)(=O)Cc2ccc(F)cc2)CC1. The van der Waals surface area contributed by atoms with Gasteiger partial charge < -0.3 is 5.11 Å². The predicted octanol–water partition coefficient (Wildman–Crippen LogP) is 2.23. The third-order valence-electron chi connectivity index (χ3n) is 4.11. The Hall–Kier alpha value is -1.54. The van der Waals surface area contributed by atoms with Crippen LogP contribution < -0.4 is 4.72 Å². The minimum atomic E-state index is -3.74. The molecule has 0 aromatic heterocycles. The highest BCUT2D eigenvalue weighted by atomic mass is 32.2. The third kappa shape index (κ3) is 5.24. The summed E-state index contributed by atoms with van der Waals surface area (Å²) in [7, 11) is -3.74. The molecule has 8 heteroatoms. The van der Waals surface area contributed by atoms with Gasteiger partial charge in [0.25, 0.3) is 0 Å². The van der Waals surface area contributed by atoms with Crippen LogP contribution in [-0.2, 0) is 20.6 Å². The van der Waals surface area contributed by atoms with Crippen LogP contribution in [0.3, 0.4) is 0 Å². The summed E-state index contributed by atoms with van der Waals surface area (Å²) in [5.74, 6) is -2.32. The summed E-state index contributed by atoms with van der Waals surface area (Å²) >= 11 is 0. The second-order valence-electron chi connectivity index (χ2n) is 5.97. The number of carbonyl (C=O) groups is 1. The van der Waals surface area contributed by atoms with Crippen LogP contribution in [0, 0.1) is 11.7 Å². The molecule has 0 radical (unpaired) electrons. The van der Waals surface area contributed by atoms with Crippen LogP contribution in [0.5, 0.6) is 0 Å². The summed E-state index contributed by atoms with van der Waals surface area (Å²) in [5.41, 5.74) is -1.32. The van der Waals surface area contributed by atoms with E-state index in [1.807, 2.05) is 0 Å². The van der Waals surface area contributed by atoms with Crippen molar-refractivity contribution >= 4 is 16.0 Å². The summed E-state index contributed by atoms with van der Waals surface area (Å²) < 4.78 is 53.5. The van der Waals surface area contributed by atoms with E-state index in [1.54, 1.807) is 0 Å². The van der Waals surface area contributed by atoms with E-state index < -0.39 is 33.4 Å². The molecule has 0 unspecified atom stereocenters. The van der Waals surface area contributed by atoms with Gasteiger partial charge in [-0.05, 0) is 43.4 Å². The van der Waals surface area contributed by atoms with Crippen LogP contribution in [0.25, 0.3) is 0 Å². The maximum absolute atomic E-state index is 14.6. The molecule has 0 heterocycles. The molecule has 2 rings (SSSR count). The Labute approximate surface area is 133 Å². The highest BCUT2D eigenvalue weighted by molar-refractivity contribution is 7.88. The van der Waals surface area contributed by atoms with Crippen molar-refractivity contribution in [1.82, 2.24) is 4.72 Å². The Kier molecular flexibility index (Phi) is 5.36. The fraction of sp³-hybridized carbons (Fsp3) is 0.533. The quantitative estimate of drug-likeness (QED) is 0.827. The summed E-state index contributed by atoms with van der Waals surface area (Å²) in [6.45, 7) is -0.372. The second kappa shape index (κ2) is 6.92. The highest BCUT2D eigenvalue weighted by Crippen LogP contribution is 2.35. The van der Waals surface area contributed by atoms with Crippen molar-refractivity contribution in [1.29, 1.82) is 0 Å². The highest BCUT2D eigenvalue weighted by Gasteiger charge is 2.38. The molecule has 0 spiro atoms. The number of carboxylic acid groups (broad SMARTS) is 1. The van der Waals surface area contributed by atoms with Crippen LogP contribution in [0.1, 0.15) is 31.2 Å². The minimum absolute atomic E-state index is 0.0169. The number of aliphatic carboxylic acids is 1. The number of benzene rings is 1. The molecule has 1 aliphatic rings. The summed E-state index contributed by atoms with van der Waals surface area (Å²) in [6.07, 6.45) is 0.434. The molecule has 0 amide bonds. The van der Waals surface area contributed by atoms with Crippen molar-refractivity contribution in [3.05, 3.63) is 35.6 Å². The average molecular weight is 347 g/mol. The molecule has 0 bridgehead atoms. The van der Waals surface area contributed by atoms with Crippen LogP contribution in [0.4, 0.5) is 8.78 Å². The van der Waals surface area contributed by atoms with Gasteiger partial charge in [0.05, 0.1) is 11.7 Å². The Morgan fingerprint density at radius 1 is 1.26 bits per heavy atom. The van der Waals surface area contributed by atoms with Gasteiger partial charge in [-0.15, -0.1) is 0 Å². The minimum Gasteiger partial charge on any atom is -0.481 e. The monoisotopic (exact) mass is 347 g/mol. The van der Waals surface area contributed by atoms with Crippen LogP contribution in [0.2, 0.25) is 0 Å². The van der Waals surface area contributed by atoms with E-state index in [9.17, 15) is 22.0 Å². The van der Waals surface area contributed by atoms with Gasteiger partial charge in [0.2, 0.25) is 10.0 Å². The molecule has 1 aromatic rings. The maximum atomic E-state index is 14.6. The fourth-order valence-corrected chi connectivity index (χ4v) is 3.86. The lowest BCUT2D eigenvalue weighted by molar-refractivity contribution is -0.143. The normalized spacial score (nSPS) is 25.2. The topological polar surface area (TPSA) is 83.5 Å². The molecule has 1 aromatic carbocycles. The number of nitrogens with one attached hydrogen (secondary N) is 1. The van der Waals surface area contributed by atoms with E-state index in [2.05, 4.69) is 4.72 Å². The molecule has 0 aliphatic heterocycles. The number of carboxylic acids is 1. The predicted molar refractivity (Wildman–Crippen MR) is 80.5 cm³/mol. The van der Waals surface area contributed by atoms with E-state index in [0.717, 1.165) is 12.1 Å². The zero-order chi connectivity index (χ0) is 17.1. The van der Waals surface area contributed by atoms with Gasteiger partial charge in [-0.1, -0.05) is 12.1 Å². The summed E-state index contributed by atoms with van der Waals surface area (Å²) in [4.78, 5) is 10.8. The first-order chi connectivity index (χ1) is 10.7. The van der Waals surface area contributed by atoms with E-state index in [-0.39, 0.29) is 38.0 Å². The van der Waals surface area contributed by atoms with Gasteiger partial charge in [-0.3, -0.25) is 4.79 Å². The zero-order valence-corrected chi connectivity index (χ0v) is 13.3. The van der Waals surface area contributed by atoms with E-state index in [0.29, 0.717) is 5.56 Å². The summed E-state index contributed by atoms with van der Waals surface area (Å²) in [5, 5.41) is 8.89. The number of alkyl halides is 1. The van der Waals surface area contributed by atoms with Gasteiger partial charge in [-0.2, -0.15) is 0 Å². The fourth-order valence-electron chi connectivity index (χ4n) is 2.65. The van der Waals surface area contributed by atoms with Crippen molar-refractivity contribution in [3.8, 4) is 0 Å². The Bertz CT molecular complexity index is 653. The van der Waals surface area contributed by atoms with Crippen LogP contribution >= 0.6 is 0 Å². The van der Waals surface area contributed by atoms with Crippen LogP contribution in [0.15, 0.2) is 24.3 Å². The molecule has 1 saturated carbocycles. The zero-order valence-electron chi connectivity index (χ0n) is 12.5. The first kappa shape index (κ1) is 17.8. The van der Waals surface area contributed by atoms with E-state index in [4.69, 9.17) is 5.11 Å². The molecule has 5 nitrogen and oxygen atoms in total. The lowest BCUT2D eigenvalue weighted by Gasteiger charge is -2.32. The number of sulfonamides is 1. The third-order valence-corrected chi connectivity index (χ3v) is 5.41. The van der Waals surface area contributed by atoms with Gasteiger partial charge in [0.1, 0.15) is 11.5 Å². The number of hydrogen-bond donors (Lipinski definition) is 2. The molecule has 2 N–H and O–H groups in total. The first-order valence-electron chi connectivity index (χ1n) is 7.33. The van der Waals surface area contributed by atoms with Gasteiger partial charge in [0, 0.05) is 6.54 Å². The Morgan fingerprint density at radius 3 is 2.35 bits per heavy atom. The lowest BCUT2D eigenvalue weighted by Crippen LogP contribution is -2.43. The second-order valence-corrected chi connectivity index (χ2v) is 7.78. The molecular formula is C15H19F2NO4S. The van der Waals surface area contributed by atoms with Gasteiger partial charge in [-0.25, -0.2) is 21.9 Å². The van der Waals surface area contributed by atoms with Crippen molar-refractivity contribution < 1.29 is 27.1 Å². The lowest BCUT2D eigenvalue weighted by atomic mass is 9.80. The summed E-state index contributed by atoms with van der Waals surface area (Å²) in [6, 6.07) is 5.04. The largest absolute Gasteiger partial charge is 0.481 e. The van der Waals surface area contributed by atoms with Crippen molar-refractivity contribution in [3.63, 3.8) is 0 Å². The molecule has 1 aliphatic carbocycles. The van der Waals surface area contributed by atoms with Crippen molar-refractivity contribution in [2.45, 2.75) is 37.1 Å². The van der Waals surface area contributed by atoms with Gasteiger partial charge in [0.15, 0.2) is 0 Å². The van der Waals surface area contributed by atoms with E-state index in [1.165, 1.54) is 12.1 Å². The molecule has 128 valence electrons. The Morgan fingerprint density at radius 2 is 1.83 bits per heavy atom. The van der Waals surface area contributed by atoms with Crippen LogP contribution in [-0.4, -0.2) is 31.7 Å². The Balaban J connectivity index is 1.89. The molecule has 23 heavy (non-hydrogen) atoms. The van der Waals surface area contributed by atoms with E-state index >= 15 is 0 Å². The first-order valence-corrected chi connectivity index (χ1v) is 8.98.